The van der Waals surface area contributed by atoms with Crippen molar-refractivity contribution in [2.75, 3.05) is 7.11 Å². The Hall–Kier alpha value is -2.56. The Kier molecular flexibility index (Phi) is 6.02. The zero-order chi connectivity index (χ0) is 18.4. The summed E-state index contributed by atoms with van der Waals surface area (Å²) in [5, 5.41) is 5.01. The molecule has 0 aromatic heterocycles. The van der Waals surface area contributed by atoms with Gasteiger partial charge in [0.15, 0.2) is 0 Å². The van der Waals surface area contributed by atoms with E-state index in [0.717, 1.165) is 16.3 Å². The van der Waals surface area contributed by atoms with Crippen molar-refractivity contribution in [2.45, 2.75) is 45.3 Å². The summed E-state index contributed by atoms with van der Waals surface area (Å²) in [5.74, 6) is -0.374. The van der Waals surface area contributed by atoms with Crippen LogP contribution in [-0.4, -0.2) is 30.8 Å². The highest BCUT2D eigenvalue weighted by atomic mass is 16.6. The van der Waals surface area contributed by atoms with Crippen LogP contribution < -0.4 is 5.32 Å². The second-order valence-electron chi connectivity index (χ2n) is 6.97. The summed E-state index contributed by atoms with van der Waals surface area (Å²) in [5.41, 5.74) is 0.461. The molecule has 0 aliphatic rings. The van der Waals surface area contributed by atoms with E-state index < -0.39 is 17.7 Å². The standard InChI is InChI=1S/C20H25NO4/c1-20(2,3)25-19(23)21-16(13-18(22)24-4)12-15-10-7-9-14-8-5-6-11-17(14)15/h5-11,16H,12-13H2,1-4H3,(H,21,23)/t16-/m0/s1. The van der Waals surface area contributed by atoms with E-state index in [2.05, 4.69) is 5.32 Å². The Morgan fingerprint density at radius 1 is 1.08 bits per heavy atom. The van der Waals surface area contributed by atoms with Crippen LogP contribution in [0.25, 0.3) is 10.8 Å². The molecule has 0 spiro atoms. The molecular formula is C20H25NO4. The Morgan fingerprint density at radius 3 is 2.44 bits per heavy atom. The Balaban J connectivity index is 2.20. The van der Waals surface area contributed by atoms with E-state index in [1.54, 1.807) is 20.8 Å². The number of nitrogens with one attached hydrogen (secondary N) is 1. The lowest BCUT2D eigenvalue weighted by Gasteiger charge is -2.23. The lowest BCUT2D eigenvalue weighted by molar-refractivity contribution is -0.141. The smallest absolute Gasteiger partial charge is 0.407 e. The number of rotatable bonds is 5. The third-order valence-electron chi connectivity index (χ3n) is 3.71. The molecule has 1 amide bonds. The van der Waals surface area contributed by atoms with Crippen LogP contribution in [0, 0.1) is 0 Å². The second kappa shape index (κ2) is 8.01. The van der Waals surface area contributed by atoms with Crippen molar-refractivity contribution in [1.82, 2.24) is 5.32 Å². The number of hydrogen-bond donors (Lipinski definition) is 1. The van der Waals surface area contributed by atoms with Crippen molar-refractivity contribution in [3.63, 3.8) is 0 Å². The Morgan fingerprint density at radius 2 is 1.76 bits per heavy atom. The van der Waals surface area contributed by atoms with E-state index in [4.69, 9.17) is 9.47 Å². The van der Waals surface area contributed by atoms with Gasteiger partial charge >= 0.3 is 12.1 Å². The van der Waals surface area contributed by atoms with E-state index in [9.17, 15) is 9.59 Å². The number of carbonyl (C=O) groups is 2. The molecule has 0 saturated heterocycles. The molecule has 25 heavy (non-hydrogen) atoms. The normalized spacial score (nSPS) is 12.5. The third-order valence-corrected chi connectivity index (χ3v) is 3.71. The number of ether oxygens (including phenoxy) is 2. The topological polar surface area (TPSA) is 64.6 Å². The van der Waals surface area contributed by atoms with E-state index in [0.29, 0.717) is 6.42 Å². The van der Waals surface area contributed by atoms with Gasteiger partial charge in [-0.2, -0.15) is 0 Å². The summed E-state index contributed by atoms with van der Waals surface area (Å²) < 4.78 is 10.1. The quantitative estimate of drug-likeness (QED) is 0.838. The van der Waals surface area contributed by atoms with Gasteiger partial charge in [0.25, 0.3) is 0 Å². The van der Waals surface area contributed by atoms with Crippen LogP contribution in [0.15, 0.2) is 42.5 Å². The van der Waals surface area contributed by atoms with Gasteiger partial charge in [-0.25, -0.2) is 4.79 Å². The van der Waals surface area contributed by atoms with E-state index in [-0.39, 0.29) is 12.4 Å². The van der Waals surface area contributed by atoms with Gasteiger partial charge in [0.1, 0.15) is 5.60 Å². The molecule has 0 bridgehead atoms. The summed E-state index contributed by atoms with van der Waals surface area (Å²) in [4.78, 5) is 23.8. The number of methoxy groups -OCH3 is 1. The van der Waals surface area contributed by atoms with Crippen molar-refractivity contribution >= 4 is 22.8 Å². The molecule has 0 saturated carbocycles. The Bertz CT molecular complexity index is 743. The summed E-state index contributed by atoms with van der Waals surface area (Å²) >= 11 is 0. The highest BCUT2D eigenvalue weighted by Gasteiger charge is 2.22. The fourth-order valence-corrected chi connectivity index (χ4v) is 2.67. The van der Waals surface area contributed by atoms with Gasteiger partial charge in [0, 0.05) is 6.04 Å². The van der Waals surface area contributed by atoms with E-state index in [1.165, 1.54) is 7.11 Å². The molecule has 0 aliphatic carbocycles. The van der Waals surface area contributed by atoms with Crippen LogP contribution in [0.1, 0.15) is 32.8 Å². The predicted octanol–water partition coefficient (Wildman–Crippen LogP) is 3.84. The molecule has 1 N–H and O–H groups in total. The molecule has 2 aromatic rings. The molecule has 0 fully saturated rings. The zero-order valence-electron chi connectivity index (χ0n) is 15.2. The fourth-order valence-electron chi connectivity index (χ4n) is 2.67. The van der Waals surface area contributed by atoms with Crippen LogP contribution in [0.2, 0.25) is 0 Å². The minimum atomic E-state index is -0.598. The first kappa shape index (κ1) is 18.8. The summed E-state index contributed by atoms with van der Waals surface area (Å²) in [6, 6.07) is 13.6. The SMILES string of the molecule is COC(=O)C[C@H](Cc1cccc2ccccc12)NC(=O)OC(C)(C)C. The highest BCUT2D eigenvalue weighted by molar-refractivity contribution is 5.86. The van der Waals surface area contributed by atoms with Crippen molar-refractivity contribution in [2.24, 2.45) is 0 Å². The number of hydrogen-bond acceptors (Lipinski definition) is 4. The summed E-state index contributed by atoms with van der Waals surface area (Å²) in [6.45, 7) is 5.39. The molecule has 0 aliphatic heterocycles. The van der Waals surface area contributed by atoms with Crippen molar-refractivity contribution in [3.05, 3.63) is 48.0 Å². The van der Waals surface area contributed by atoms with Crippen LogP contribution in [0.4, 0.5) is 4.79 Å². The van der Waals surface area contributed by atoms with Gasteiger partial charge in [0.2, 0.25) is 0 Å². The van der Waals surface area contributed by atoms with Crippen LogP contribution in [-0.2, 0) is 20.7 Å². The molecule has 2 rings (SSSR count). The average Bonchev–Trinajstić information content (AvgIpc) is 2.53. The Labute approximate surface area is 148 Å². The number of alkyl carbamates (subject to hydrolysis) is 1. The summed E-state index contributed by atoms with van der Waals surface area (Å²) in [6.07, 6.45) is 0.0518. The van der Waals surface area contributed by atoms with E-state index in [1.807, 2.05) is 42.5 Å². The molecule has 5 heteroatoms. The molecule has 2 aromatic carbocycles. The number of carbonyl (C=O) groups excluding carboxylic acids is 2. The molecule has 1 atom stereocenters. The van der Waals surface area contributed by atoms with Gasteiger partial charge in [-0.3, -0.25) is 4.79 Å². The maximum atomic E-state index is 12.1. The van der Waals surface area contributed by atoms with Crippen LogP contribution in [0.3, 0.4) is 0 Å². The first-order valence-corrected chi connectivity index (χ1v) is 8.31. The van der Waals surface area contributed by atoms with Gasteiger partial charge < -0.3 is 14.8 Å². The molecular weight excluding hydrogens is 318 g/mol. The van der Waals surface area contributed by atoms with Crippen LogP contribution in [0.5, 0.6) is 0 Å². The lowest BCUT2D eigenvalue weighted by Crippen LogP contribution is -2.41. The first-order valence-electron chi connectivity index (χ1n) is 8.31. The van der Waals surface area contributed by atoms with Crippen molar-refractivity contribution < 1.29 is 19.1 Å². The third kappa shape index (κ3) is 5.78. The number of benzene rings is 2. The second-order valence-corrected chi connectivity index (χ2v) is 6.97. The number of esters is 1. The minimum Gasteiger partial charge on any atom is -0.469 e. The van der Waals surface area contributed by atoms with E-state index >= 15 is 0 Å². The zero-order valence-corrected chi connectivity index (χ0v) is 15.2. The monoisotopic (exact) mass is 343 g/mol. The highest BCUT2D eigenvalue weighted by Crippen LogP contribution is 2.20. The minimum absolute atomic E-state index is 0.0823. The molecule has 134 valence electrons. The van der Waals surface area contributed by atoms with Crippen LogP contribution >= 0.6 is 0 Å². The first-order chi connectivity index (χ1) is 11.8. The number of fused-ring (bicyclic) bond motifs is 1. The fraction of sp³-hybridized carbons (Fsp3) is 0.400. The van der Waals surface area contributed by atoms with Gasteiger partial charge in [-0.1, -0.05) is 42.5 Å². The molecule has 5 nitrogen and oxygen atoms in total. The van der Waals surface area contributed by atoms with Gasteiger partial charge in [-0.15, -0.1) is 0 Å². The van der Waals surface area contributed by atoms with Crippen molar-refractivity contribution in [1.29, 1.82) is 0 Å². The maximum absolute atomic E-state index is 12.1. The van der Waals surface area contributed by atoms with Gasteiger partial charge in [0.05, 0.1) is 13.5 Å². The maximum Gasteiger partial charge on any atom is 0.407 e. The molecule has 0 heterocycles. The van der Waals surface area contributed by atoms with Gasteiger partial charge in [-0.05, 0) is 43.5 Å². The molecule has 0 radical (unpaired) electrons. The number of amides is 1. The van der Waals surface area contributed by atoms with Crippen molar-refractivity contribution in [3.8, 4) is 0 Å². The molecule has 0 unspecified atom stereocenters. The predicted molar refractivity (Wildman–Crippen MR) is 97.4 cm³/mol. The lowest BCUT2D eigenvalue weighted by atomic mass is 9.97. The summed E-state index contributed by atoms with van der Waals surface area (Å²) in [7, 11) is 1.34. The largest absolute Gasteiger partial charge is 0.469 e. The average molecular weight is 343 g/mol.